The van der Waals surface area contributed by atoms with Crippen LogP contribution in [0.1, 0.15) is 18.2 Å². The predicted molar refractivity (Wildman–Crippen MR) is 72.1 cm³/mol. The van der Waals surface area contributed by atoms with Crippen molar-refractivity contribution in [3.63, 3.8) is 0 Å². The molecule has 0 atom stereocenters. The Morgan fingerprint density at radius 3 is 2.59 bits per heavy atom. The number of rotatable bonds is 3. The van der Waals surface area contributed by atoms with E-state index in [1.54, 1.807) is 7.11 Å². The number of imidazole rings is 1. The van der Waals surface area contributed by atoms with Crippen molar-refractivity contribution in [1.29, 1.82) is 0 Å². The number of aryl methyl sites for hydroxylation is 2. The minimum atomic E-state index is 0.659. The smallest absolute Gasteiger partial charge is 0.175 e. The van der Waals surface area contributed by atoms with Gasteiger partial charge in [0.05, 0.1) is 12.8 Å². The Labute approximate surface area is 106 Å². The van der Waals surface area contributed by atoms with Crippen molar-refractivity contribution in [3.8, 4) is 17.0 Å². The Morgan fingerprint density at radius 2 is 2.06 bits per heavy atom. The monoisotopic (exact) mass is 248 g/mol. The molecule has 2 rings (SSSR count). The van der Waals surface area contributed by atoms with Gasteiger partial charge < -0.3 is 14.7 Å². The number of aromatic amines is 2. The molecule has 0 bridgehead atoms. The molecule has 0 aliphatic rings. The molecule has 4 heteroatoms. The summed E-state index contributed by atoms with van der Waals surface area (Å²) in [6, 6.07) is 6.18. The fourth-order valence-electron chi connectivity index (χ4n) is 1.97. The maximum absolute atomic E-state index is 5.32. The van der Waals surface area contributed by atoms with E-state index in [-0.39, 0.29) is 0 Å². The molecule has 0 aliphatic heterocycles. The lowest BCUT2D eigenvalue weighted by Crippen LogP contribution is -1.92. The molecule has 90 valence electrons. The van der Waals surface area contributed by atoms with Crippen molar-refractivity contribution in [3.05, 3.63) is 34.2 Å². The summed E-state index contributed by atoms with van der Waals surface area (Å²) in [5, 5.41) is 0. The van der Waals surface area contributed by atoms with Crippen molar-refractivity contribution in [1.82, 2.24) is 9.97 Å². The highest BCUT2D eigenvalue weighted by Crippen LogP contribution is 2.27. The van der Waals surface area contributed by atoms with Crippen LogP contribution in [0.25, 0.3) is 11.3 Å². The Hall–Kier alpha value is -1.55. The second-order valence-corrected chi connectivity index (χ2v) is 4.37. The number of nitrogens with one attached hydrogen (secondary N) is 2. The van der Waals surface area contributed by atoms with Gasteiger partial charge in [0, 0.05) is 11.3 Å². The number of methoxy groups -OCH3 is 1. The van der Waals surface area contributed by atoms with Crippen LogP contribution in [0.4, 0.5) is 0 Å². The number of hydrogen-bond donors (Lipinski definition) is 2. The lowest BCUT2D eigenvalue weighted by atomic mass is 10.0. The number of hydrogen-bond acceptors (Lipinski definition) is 2. The first-order valence-electron chi connectivity index (χ1n) is 5.62. The van der Waals surface area contributed by atoms with Crippen LogP contribution in [0, 0.1) is 11.7 Å². The average molecular weight is 248 g/mol. The van der Waals surface area contributed by atoms with E-state index in [9.17, 15) is 0 Å². The van der Waals surface area contributed by atoms with Gasteiger partial charge in [-0.25, -0.2) is 0 Å². The summed E-state index contributed by atoms with van der Waals surface area (Å²) in [6.45, 7) is 4.13. The topological polar surface area (TPSA) is 40.8 Å². The highest BCUT2D eigenvalue weighted by Gasteiger charge is 2.08. The first-order chi connectivity index (χ1) is 8.15. The van der Waals surface area contributed by atoms with Crippen molar-refractivity contribution >= 4 is 12.2 Å². The Kier molecular flexibility index (Phi) is 3.33. The summed E-state index contributed by atoms with van der Waals surface area (Å²) in [5.74, 6) is 0.933. The van der Waals surface area contributed by atoms with E-state index < -0.39 is 0 Å². The van der Waals surface area contributed by atoms with Crippen molar-refractivity contribution in [2.24, 2.45) is 0 Å². The molecule has 0 fully saturated rings. The third-order valence-corrected chi connectivity index (χ3v) is 3.07. The molecule has 1 aromatic carbocycles. The van der Waals surface area contributed by atoms with Crippen LogP contribution in [0.2, 0.25) is 0 Å². The first-order valence-corrected chi connectivity index (χ1v) is 6.02. The summed E-state index contributed by atoms with van der Waals surface area (Å²) in [7, 11) is 1.70. The molecule has 2 N–H and O–H groups in total. The van der Waals surface area contributed by atoms with Gasteiger partial charge in [-0.1, -0.05) is 6.92 Å². The Morgan fingerprint density at radius 1 is 1.29 bits per heavy atom. The van der Waals surface area contributed by atoms with Gasteiger partial charge in [0.1, 0.15) is 5.75 Å². The van der Waals surface area contributed by atoms with E-state index in [2.05, 4.69) is 23.0 Å². The summed E-state index contributed by atoms with van der Waals surface area (Å²) >= 11 is 5.09. The molecule has 0 amide bonds. The summed E-state index contributed by atoms with van der Waals surface area (Å²) < 4.78 is 5.98. The Balaban J connectivity index is 2.53. The number of aromatic nitrogens is 2. The Bertz CT molecular complexity index is 583. The standard InChI is InChI=1S/C13H16N2OS/c1-4-9-7-10(5-6-11(9)16-3)12-8(2)14-13(17)15-12/h5-7H,4H2,1-3H3,(H2,14,15,17). The van der Waals surface area contributed by atoms with E-state index in [0.29, 0.717) is 4.77 Å². The minimum absolute atomic E-state index is 0.659. The van der Waals surface area contributed by atoms with E-state index in [1.807, 2.05) is 19.1 Å². The normalized spacial score (nSPS) is 10.5. The fraction of sp³-hybridized carbons (Fsp3) is 0.308. The minimum Gasteiger partial charge on any atom is -0.496 e. The maximum Gasteiger partial charge on any atom is 0.175 e. The van der Waals surface area contributed by atoms with Crippen LogP contribution in [-0.4, -0.2) is 17.1 Å². The lowest BCUT2D eigenvalue weighted by Gasteiger charge is -2.08. The molecule has 0 spiro atoms. The summed E-state index contributed by atoms with van der Waals surface area (Å²) in [5.41, 5.74) is 4.44. The second kappa shape index (κ2) is 4.75. The molecule has 1 aromatic heterocycles. The molecule has 17 heavy (non-hydrogen) atoms. The van der Waals surface area contributed by atoms with Crippen molar-refractivity contribution < 1.29 is 4.74 Å². The molecule has 0 unspecified atom stereocenters. The van der Waals surface area contributed by atoms with Crippen LogP contribution in [0.3, 0.4) is 0 Å². The third-order valence-electron chi connectivity index (χ3n) is 2.86. The zero-order chi connectivity index (χ0) is 12.4. The molecule has 0 radical (unpaired) electrons. The van der Waals surface area contributed by atoms with Gasteiger partial charge in [0.15, 0.2) is 4.77 Å². The molecule has 0 saturated carbocycles. The van der Waals surface area contributed by atoms with Crippen molar-refractivity contribution in [2.45, 2.75) is 20.3 Å². The first kappa shape index (κ1) is 11.9. The number of ether oxygens (including phenoxy) is 1. The van der Waals surface area contributed by atoms with Crippen LogP contribution >= 0.6 is 12.2 Å². The second-order valence-electron chi connectivity index (χ2n) is 3.96. The van der Waals surface area contributed by atoms with E-state index in [4.69, 9.17) is 17.0 Å². The number of benzene rings is 1. The van der Waals surface area contributed by atoms with Gasteiger partial charge in [-0.15, -0.1) is 0 Å². The van der Waals surface area contributed by atoms with E-state index in [0.717, 1.165) is 29.1 Å². The van der Waals surface area contributed by atoms with Crippen LogP contribution in [0.5, 0.6) is 5.75 Å². The SMILES string of the molecule is CCc1cc(-c2[nH]c(=S)[nH]c2C)ccc1OC. The van der Waals surface area contributed by atoms with Gasteiger partial charge in [-0.3, -0.25) is 0 Å². The van der Waals surface area contributed by atoms with Gasteiger partial charge in [-0.2, -0.15) is 0 Å². The molecule has 1 heterocycles. The maximum atomic E-state index is 5.32. The molecule has 3 nitrogen and oxygen atoms in total. The quantitative estimate of drug-likeness (QED) is 0.814. The van der Waals surface area contributed by atoms with E-state index in [1.165, 1.54) is 5.56 Å². The molecule has 0 aliphatic carbocycles. The highest BCUT2D eigenvalue weighted by atomic mass is 32.1. The van der Waals surface area contributed by atoms with Crippen LogP contribution in [0.15, 0.2) is 18.2 Å². The van der Waals surface area contributed by atoms with Crippen LogP contribution < -0.4 is 4.74 Å². The van der Waals surface area contributed by atoms with E-state index >= 15 is 0 Å². The average Bonchev–Trinajstić information content (AvgIpc) is 2.67. The molecule has 2 aromatic rings. The zero-order valence-electron chi connectivity index (χ0n) is 10.3. The van der Waals surface area contributed by atoms with Crippen molar-refractivity contribution in [2.75, 3.05) is 7.11 Å². The lowest BCUT2D eigenvalue weighted by molar-refractivity contribution is 0.410. The zero-order valence-corrected chi connectivity index (χ0v) is 11.1. The van der Waals surface area contributed by atoms with Gasteiger partial charge in [0.2, 0.25) is 0 Å². The summed E-state index contributed by atoms with van der Waals surface area (Å²) in [6.07, 6.45) is 0.946. The predicted octanol–water partition coefficient (Wildman–Crippen LogP) is 3.62. The molecule has 0 saturated heterocycles. The largest absolute Gasteiger partial charge is 0.496 e. The van der Waals surface area contributed by atoms with Gasteiger partial charge in [-0.05, 0) is 49.3 Å². The fourth-order valence-corrected chi connectivity index (χ4v) is 2.23. The highest BCUT2D eigenvalue weighted by molar-refractivity contribution is 7.71. The third kappa shape index (κ3) is 2.26. The molecular formula is C13H16N2OS. The van der Waals surface area contributed by atoms with Crippen LogP contribution in [-0.2, 0) is 6.42 Å². The number of H-pyrrole nitrogens is 2. The summed E-state index contributed by atoms with van der Waals surface area (Å²) in [4.78, 5) is 6.27. The van der Waals surface area contributed by atoms with Gasteiger partial charge in [0.25, 0.3) is 0 Å². The van der Waals surface area contributed by atoms with Gasteiger partial charge >= 0.3 is 0 Å². The molecular weight excluding hydrogens is 232 g/mol.